The van der Waals surface area contributed by atoms with Gasteiger partial charge in [-0.1, -0.05) is 29.8 Å². The van der Waals surface area contributed by atoms with Crippen molar-refractivity contribution in [3.05, 3.63) is 69.7 Å². The molecule has 1 amide bonds. The van der Waals surface area contributed by atoms with Gasteiger partial charge < -0.3 is 14.5 Å². The zero-order valence-electron chi connectivity index (χ0n) is 18.9. The summed E-state index contributed by atoms with van der Waals surface area (Å²) in [5, 5.41) is 1.48. The summed E-state index contributed by atoms with van der Waals surface area (Å²) < 4.78 is 4.85. The van der Waals surface area contributed by atoms with Crippen molar-refractivity contribution in [1.29, 1.82) is 0 Å². The highest BCUT2D eigenvalue weighted by molar-refractivity contribution is 7.17. The number of halogens is 1. The average molecular weight is 484 g/mol. The van der Waals surface area contributed by atoms with Crippen molar-refractivity contribution in [2.75, 3.05) is 32.1 Å². The predicted octanol–water partition coefficient (Wildman–Crippen LogP) is 5.30. The molecule has 172 valence electrons. The van der Waals surface area contributed by atoms with Crippen molar-refractivity contribution in [2.24, 2.45) is 0 Å². The van der Waals surface area contributed by atoms with E-state index in [9.17, 15) is 9.59 Å². The Morgan fingerprint density at radius 1 is 1.21 bits per heavy atom. The first-order valence-electron chi connectivity index (χ1n) is 10.8. The molecule has 8 heteroatoms. The number of methoxy groups -OCH3 is 1. The molecule has 3 aromatic rings. The van der Waals surface area contributed by atoms with Crippen LogP contribution in [0.25, 0.3) is 10.6 Å². The number of aromatic nitrogens is 1. The Bertz CT molecular complexity index is 1160. The molecule has 2 heterocycles. The van der Waals surface area contributed by atoms with E-state index in [2.05, 4.69) is 9.88 Å². The first kappa shape index (κ1) is 23.3. The number of piperidine rings is 1. The van der Waals surface area contributed by atoms with Crippen molar-refractivity contribution in [2.45, 2.75) is 25.8 Å². The molecule has 0 saturated carbocycles. The lowest BCUT2D eigenvalue weighted by Crippen LogP contribution is -2.48. The van der Waals surface area contributed by atoms with Gasteiger partial charge in [-0.05, 0) is 50.1 Å². The number of esters is 1. The lowest BCUT2D eigenvalue weighted by atomic mass is 10.0. The molecule has 0 aliphatic carbocycles. The van der Waals surface area contributed by atoms with E-state index >= 15 is 0 Å². The molecule has 0 radical (unpaired) electrons. The van der Waals surface area contributed by atoms with Crippen molar-refractivity contribution in [3.63, 3.8) is 0 Å². The number of thiazole rings is 1. The molecule has 1 aromatic heterocycles. The Kier molecular flexibility index (Phi) is 7.00. The minimum Gasteiger partial charge on any atom is -0.465 e. The van der Waals surface area contributed by atoms with Crippen LogP contribution in [0.1, 0.15) is 38.6 Å². The van der Waals surface area contributed by atoms with Gasteiger partial charge in [0.2, 0.25) is 0 Å². The third kappa shape index (κ3) is 5.04. The lowest BCUT2D eigenvalue weighted by molar-refractivity contribution is 0.0600. The molecule has 6 nitrogen and oxygen atoms in total. The molecule has 1 aliphatic rings. The molecule has 1 aliphatic heterocycles. The smallest absolute Gasteiger partial charge is 0.337 e. The van der Waals surface area contributed by atoms with Crippen LogP contribution in [0, 0.1) is 6.92 Å². The van der Waals surface area contributed by atoms with Gasteiger partial charge in [0.15, 0.2) is 0 Å². The van der Waals surface area contributed by atoms with Crippen LogP contribution in [-0.2, 0) is 4.74 Å². The van der Waals surface area contributed by atoms with Gasteiger partial charge in [0.25, 0.3) is 5.91 Å². The molecule has 1 atom stereocenters. The average Bonchev–Trinajstić information content (AvgIpc) is 3.24. The minimum atomic E-state index is -0.352. The maximum Gasteiger partial charge on any atom is 0.337 e. The third-order valence-electron chi connectivity index (χ3n) is 5.98. The highest BCUT2D eigenvalue weighted by Crippen LogP contribution is 2.31. The fraction of sp³-hybridized carbons (Fsp3) is 0.320. The predicted molar refractivity (Wildman–Crippen MR) is 132 cm³/mol. The minimum absolute atomic E-state index is 0.0135. The number of anilines is 1. The highest BCUT2D eigenvalue weighted by atomic mass is 35.5. The number of ether oxygens (including phenoxy) is 1. The summed E-state index contributed by atoms with van der Waals surface area (Å²) in [7, 11) is 3.24. The van der Waals surface area contributed by atoms with Gasteiger partial charge in [-0.25, -0.2) is 9.78 Å². The van der Waals surface area contributed by atoms with Gasteiger partial charge in [0.1, 0.15) is 9.88 Å². The Morgan fingerprint density at radius 2 is 1.97 bits per heavy atom. The van der Waals surface area contributed by atoms with E-state index in [0.29, 0.717) is 22.0 Å². The second-order valence-corrected chi connectivity index (χ2v) is 9.58. The van der Waals surface area contributed by atoms with Gasteiger partial charge in [-0.3, -0.25) is 4.79 Å². The van der Waals surface area contributed by atoms with E-state index in [0.717, 1.165) is 41.3 Å². The molecule has 1 fully saturated rings. The summed E-state index contributed by atoms with van der Waals surface area (Å²) in [6.45, 7) is 3.46. The fourth-order valence-corrected chi connectivity index (χ4v) is 5.27. The molecule has 0 N–H and O–H groups in total. The van der Waals surface area contributed by atoms with Crippen molar-refractivity contribution in [3.8, 4) is 10.6 Å². The first-order chi connectivity index (χ1) is 15.9. The van der Waals surface area contributed by atoms with Gasteiger partial charge in [-0.2, -0.15) is 0 Å². The molecule has 0 bridgehead atoms. The number of benzene rings is 2. The standard InChI is InChI=1S/C25H26ClN3O3S/c1-16-22(33-23(27-16)17-9-11-19(26)12-10-17)24(30)28(2)21-8-5-13-29(15-21)20-7-4-6-18(14-20)25(31)32-3/h4,6-7,9-12,14,21H,5,8,13,15H2,1-3H3/t21-/m0/s1. The van der Waals surface area contributed by atoms with Gasteiger partial charge in [0.05, 0.1) is 18.4 Å². The third-order valence-corrected chi connectivity index (χ3v) is 7.43. The zero-order chi connectivity index (χ0) is 23.5. The highest BCUT2D eigenvalue weighted by Gasteiger charge is 2.29. The Morgan fingerprint density at radius 3 is 2.70 bits per heavy atom. The summed E-state index contributed by atoms with van der Waals surface area (Å²) >= 11 is 7.41. The van der Waals surface area contributed by atoms with Gasteiger partial charge in [0, 0.05) is 42.5 Å². The van der Waals surface area contributed by atoms with E-state index in [1.54, 1.807) is 6.07 Å². The summed E-state index contributed by atoms with van der Waals surface area (Å²) in [6, 6.07) is 15.0. The molecule has 2 aromatic carbocycles. The second-order valence-electron chi connectivity index (χ2n) is 8.14. The van der Waals surface area contributed by atoms with E-state index in [1.807, 2.05) is 61.3 Å². The van der Waals surface area contributed by atoms with Gasteiger partial charge in [-0.15, -0.1) is 11.3 Å². The molecule has 0 unspecified atom stereocenters. The topological polar surface area (TPSA) is 62.7 Å². The van der Waals surface area contributed by atoms with Crippen LogP contribution >= 0.6 is 22.9 Å². The van der Waals surface area contributed by atoms with Crippen molar-refractivity contribution >= 4 is 40.5 Å². The number of amides is 1. The molecular weight excluding hydrogens is 458 g/mol. The molecule has 33 heavy (non-hydrogen) atoms. The normalized spacial score (nSPS) is 15.9. The maximum atomic E-state index is 13.4. The van der Waals surface area contributed by atoms with Crippen molar-refractivity contribution in [1.82, 2.24) is 9.88 Å². The largest absolute Gasteiger partial charge is 0.465 e. The number of nitrogens with zero attached hydrogens (tertiary/aromatic N) is 3. The number of aryl methyl sites for hydroxylation is 1. The van der Waals surface area contributed by atoms with Crippen LogP contribution < -0.4 is 4.90 Å². The molecule has 4 rings (SSSR count). The molecular formula is C25H26ClN3O3S. The van der Waals surface area contributed by atoms with Crippen LogP contribution in [0.2, 0.25) is 5.02 Å². The van der Waals surface area contributed by atoms with Crippen molar-refractivity contribution < 1.29 is 14.3 Å². The summed E-state index contributed by atoms with van der Waals surface area (Å²) in [5.41, 5.74) is 3.17. The van der Waals surface area contributed by atoms with Crippen LogP contribution in [0.3, 0.4) is 0 Å². The number of rotatable bonds is 5. The number of likely N-dealkylation sites (N-methyl/N-ethyl adjacent to an activating group) is 1. The van der Waals surface area contributed by atoms with Crippen LogP contribution in [0.4, 0.5) is 5.69 Å². The molecule has 0 spiro atoms. The number of hydrogen-bond donors (Lipinski definition) is 0. The Hall–Kier alpha value is -2.90. The quantitative estimate of drug-likeness (QED) is 0.461. The molecule has 1 saturated heterocycles. The first-order valence-corrected chi connectivity index (χ1v) is 12.0. The fourth-order valence-electron chi connectivity index (χ4n) is 4.09. The monoisotopic (exact) mass is 483 g/mol. The lowest BCUT2D eigenvalue weighted by Gasteiger charge is -2.38. The summed E-state index contributed by atoms with van der Waals surface area (Å²) in [6.07, 6.45) is 1.89. The Balaban J connectivity index is 1.50. The number of hydrogen-bond acceptors (Lipinski definition) is 6. The Labute approximate surface area is 202 Å². The van der Waals surface area contributed by atoms with E-state index in [1.165, 1.54) is 18.4 Å². The zero-order valence-corrected chi connectivity index (χ0v) is 20.4. The number of carbonyl (C=O) groups is 2. The van der Waals surface area contributed by atoms with Crippen LogP contribution in [-0.4, -0.2) is 55.0 Å². The van der Waals surface area contributed by atoms with E-state index in [4.69, 9.17) is 16.3 Å². The summed E-state index contributed by atoms with van der Waals surface area (Å²) in [5.74, 6) is -0.366. The van der Waals surface area contributed by atoms with E-state index in [-0.39, 0.29) is 17.9 Å². The maximum absolute atomic E-state index is 13.4. The number of carbonyl (C=O) groups excluding carboxylic acids is 2. The van der Waals surface area contributed by atoms with Gasteiger partial charge >= 0.3 is 5.97 Å². The SMILES string of the molecule is COC(=O)c1cccc(N2CCC[C@H](N(C)C(=O)c3sc(-c4ccc(Cl)cc4)nc3C)C2)c1. The second kappa shape index (κ2) is 9.93. The van der Waals surface area contributed by atoms with Crippen LogP contribution in [0.5, 0.6) is 0 Å². The summed E-state index contributed by atoms with van der Waals surface area (Å²) in [4.78, 5) is 34.6. The van der Waals surface area contributed by atoms with Crippen LogP contribution in [0.15, 0.2) is 48.5 Å². The van der Waals surface area contributed by atoms with E-state index < -0.39 is 0 Å².